The molecule has 0 atom stereocenters. The van der Waals surface area contributed by atoms with Crippen LogP contribution in [-0.2, 0) is 6.42 Å². The van der Waals surface area contributed by atoms with Crippen molar-refractivity contribution in [2.24, 2.45) is 0 Å². The second-order valence-corrected chi connectivity index (χ2v) is 4.86. The first kappa shape index (κ1) is 13.1. The van der Waals surface area contributed by atoms with Gasteiger partial charge in [0, 0.05) is 13.1 Å². The summed E-state index contributed by atoms with van der Waals surface area (Å²) in [6.07, 6.45) is 3.57. The minimum Gasteiger partial charge on any atom is -0.315 e. The van der Waals surface area contributed by atoms with Crippen LogP contribution in [0.1, 0.15) is 24.0 Å². The third-order valence-corrected chi connectivity index (χ3v) is 3.46. The number of nitrogens with one attached hydrogen (secondary N) is 1. The molecule has 1 N–H and O–H groups in total. The van der Waals surface area contributed by atoms with Gasteiger partial charge < -0.3 is 10.2 Å². The first-order valence-electron chi connectivity index (χ1n) is 6.80. The van der Waals surface area contributed by atoms with Crippen LogP contribution in [0.25, 0.3) is 0 Å². The Morgan fingerprint density at radius 1 is 1.17 bits per heavy atom. The zero-order chi connectivity index (χ0) is 12.6. The Morgan fingerprint density at radius 2 is 2.00 bits per heavy atom. The fourth-order valence-corrected chi connectivity index (χ4v) is 2.38. The number of nitrogens with zero attached hydrogens (tertiary/aromatic N) is 2. The van der Waals surface area contributed by atoms with Gasteiger partial charge in [0.25, 0.3) is 0 Å². The standard InChI is InChI=1S/C15H21N3/c16-13-15-6-4-14(5-7-15)3-1-10-18-11-2-8-17-9-12-18/h4-7,17H,1-3,8-12H2. The third-order valence-electron chi connectivity index (χ3n) is 3.46. The molecule has 1 fully saturated rings. The van der Waals surface area contributed by atoms with Crippen LogP contribution in [0.4, 0.5) is 0 Å². The van der Waals surface area contributed by atoms with Gasteiger partial charge in [-0.3, -0.25) is 0 Å². The van der Waals surface area contributed by atoms with Gasteiger partial charge in [-0.15, -0.1) is 0 Å². The average Bonchev–Trinajstić information content (AvgIpc) is 2.68. The van der Waals surface area contributed by atoms with Gasteiger partial charge in [-0.2, -0.15) is 5.26 Å². The lowest BCUT2D eigenvalue weighted by Crippen LogP contribution is -2.29. The summed E-state index contributed by atoms with van der Waals surface area (Å²) in [5.74, 6) is 0. The molecule has 18 heavy (non-hydrogen) atoms. The lowest BCUT2D eigenvalue weighted by atomic mass is 10.1. The summed E-state index contributed by atoms with van der Waals surface area (Å²) in [6.45, 7) is 5.86. The molecule has 0 bridgehead atoms. The second kappa shape index (κ2) is 7.15. The highest BCUT2D eigenvalue weighted by Crippen LogP contribution is 2.07. The molecule has 1 aromatic carbocycles. The van der Waals surface area contributed by atoms with Gasteiger partial charge in [0.1, 0.15) is 0 Å². The Hall–Kier alpha value is -1.37. The van der Waals surface area contributed by atoms with Crippen molar-refractivity contribution in [2.45, 2.75) is 19.3 Å². The summed E-state index contributed by atoms with van der Waals surface area (Å²) in [7, 11) is 0. The van der Waals surface area contributed by atoms with Gasteiger partial charge in [-0.25, -0.2) is 0 Å². The van der Waals surface area contributed by atoms with E-state index in [1.807, 2.05) is 12.1 Å². The van der Waals surface area contributed by atoms with E-state index in [2.05, 4.69) is 28.4 Å². The zero-order valence-corrected chi connectivity index (χ0v) is 10.9. The van der Waals surface area contributed by atoms with Crippen LogP contribution < -0.4 is 5.32 Å². The van der Waals surface area contributed by atoms with Crippen LogP contribution in [0.15, 0.2) is 24.3 Å². The average molecular weight is 243 g/mol. The summed E-state index contributed by atoms with van der Waals surface area (Å²) in [4.78, 5) is 2.55. The first-order chi connectivity index (χ1) is 8.88. The van der Waals surface area contributed by atoms with Gasteiger partial charge in [-0.1, -0.05) is 12.1 Å². The van der Waals surface area contributed by atoms with Crippen LogP contribution in [0.5, 0.6) is 0 Å². The summed E-state index contributed by atoms with van der Waals surface area (Å²) in [6, 6.07) is 10.1. The largest absolute Gasteiger partial charge is 0.315 e. The lowest BCUT2D eigenvalue weighted by molar-refractivity contribution is 0.289. The molecule has 0 radical (unpaired) electrons. The van der Waals surface area contributed by atoms with E-state index in [-0.39, 0.29) is 0 Å². The maximum Gasteiger partial charge on any atom is 0.0991 e. The van der Waals surface area contributed by atoms with Crippen molar-refractivity contribution >= 4 is 0 Å². The van der Waals surface area contributed by atoms with E-state index >= 15 is 0 Å². The molecular formula is C15H21N3. The minimum atomic E-state index is 0.748. The van der Waals surface area contributed by atoms with Crippen LogP contribution in [0.2, 0.25) is 0 Å². The molecule has 0 saturated carbocycles. The zero-order valence-electron chi connectivity index (χ0n) is 10.9. The van der Waals surface area contributed by atoms with Crippen molar-refractivity contribution < 1.29 is 0 Å². The Labute approximate surface area is 109 Å². The van der Waals surface area contributed by atoms with Crippen molar-refractivity contribution in [1.82, 2.24) is 10.2 Å². The molecule has 0 spiro atoms. The summed E-state index contributed by atoms with van der Waals surface area (Å²) >= 11 is 0. The van der Waals surface area contributed by atoms with E-state index < -0.39 is 0 Å². The molecule has 0 aromatic heterocycles. The molecule has 1 aliphatic rings. The van der Waals surface area contributed by atoms with Gasteiger partial charge in [0.2, 0.25) is 0 Å². The van der Waals surface area contributed by atoms with Crippen molar-refractivity contribution in [3.63, 3.8) is 0 Å². The summed E-state index contributed by atoms with van der Waals surface area (Å²) in [5, 5.41) is 12.2. The fraction of sp³-hybridized carbons (Fsp3) is 0.533. The number of benzene rings is 1. The Kier molecular flexibility index (Phi) is 5.19. The molecule has 0 unspecified atom stereocenters. The Bertz CT molecular complexity index is 383. The number of hydrogen-bond donors (Lipinski definition) is 1. The lowest BCUT2D eigenvalue weighted by Gasteiger charge is -2.19. The Balaban J connectivity index is 1.72. The van der Waals surface area contributed by atoms with Gasteiger partial charge in [0.05, 0.1) is 11.6 Å². The molecule has 0 aliphatic carbocycles. The van der Waals surface area contributed by atoms with Crippen LogP contribution in [0.3, 0.4) is 0 Å². The van der Waals surface area contributed by atoms with E-state index in [0.717, 1.165) is 25.1 Å². The smallest absolute Gasteiger partial charge is 0.0991 e. The maximum atomic E-state index is 8.74. The maximum absolute atomic E-state index is 8.74. The normalized spacial score (nSPS) is 17.1. The van der Waals surface area contributed by atoms with Gasteiger partial charge in [-0.05, 0) is 56.6 Å². The second-order valence-electron chi connectivity index (χ2n) is 4.86. The highest BCUT2D eigenvalue weighted by atomic mass is 15.1. The topological polar surface area (TPSA) is 39.1 Å². The molecule has 1 aromatic rings. The predicted molar refractivity (Wildman–Crippen MR) is 73.4 cm³/mol. The highest BCUT2D eigenvalue weighted by Gasteiger charge is 2.07. The molecule has 3 heteroatoms. The van der Waals surface area contributed by atoms with Crippen LogP contribution >= 0.6 is 0 Å². The number of nitriles is 1. The molecule has 3 nitrogen and oxygen atoms in total. The fourth-order valence-electron chi connectivity index (χ4n) is 2.38. The molecule has 96 valence electrons. The molecule has 2 rings (SSSR count). The van der Waals surface area contributed by atoms with Crippen molar-refractivity contribution in [1.29, 1.82) is 5.26 Å². The minimum absolute atomic E-state index is 0.748. The SMILES string of the molecule is N#Cc1ccc(CCCN2CCCNCC2)cc1. The van der Waals surface area contributed by atoms with Gasteiger partial charge in [0.15, 0.2) is 0 Å². The van der Waals surface area contributed by atoms with Crippen molar-refractivity contribution in [3.05, 3.63) is 35.4 Å². The van der Waals surface area contributed by atoms with Crippen molar-refractivity contribution in [2.75, 3.05) is 32.7 Å². The van der Waals surface area contributed by atoms with E-state index in [4.69, 9.17) is 5.26 Å². The van der Waals surface area contributed by atoms with Crippen molar-refractivity contribution in [3.8, 4) is 6.07 Å². The van der Waals surface area contributed by atoms with E-state index in [1.165, 1.54) is 38.0 Å². The molecule has 1 aliphatic heterocycles. The Morgan fingerprint density at radius 3 is 2.78 bits per heavy atom. The van der Waals surface area contributed by atoms with E-state index in [9.17, 15) is 0 Å². The van der Waals surface area contributed by atoms with E-state index in [1.54, 1.807) is 0 Å². The summed E-state index contributed by atoms with van der Waals surface area (Å²) < 4.78 is 0. The third kappa shape index (κ3) is 4.14. The number of hydrogen-bond acceptors (Lipinski definition) is 3. The molecule has 1 heterocycles. The van der Waals surface area contributed by atoms with Crippen LogP contribution in [-0.4, -0.2) is 37.6 Å². The molecule has 0 amide bonds. The predicted octanol–water partition coefficient (Wildman–Crippen LogP) is 1.79. The van der Waals surface area contributed by atoms with E-state index in [0.29, 0.717) is 0 Å². The summed E-state index contributed by atoms with van der Waals surface area (Å²) in [5.41, 5.74) is 2.08. The van der Waals surface area contributed by atoms with Crippen LogP contribution in [0, 0.1) is 11.3 Å². The monoisotopic (exact) mass is 243 g/mol. The highest BCUT2D eigenvalue weighted by molar-refractivity contribution is 5.31. The molecule has 1 saturated heterocycles. The number of rotatable bonds is 4. The molecular weight excluding hydrogens is 222 g/mol. The quantitative estimate of drug-likeness (QED) is 0.876. The number of aryl methyl sites for hydroxylation is 1. The van der Waals surface area contributed by atoms with Gasteiger partial charge >= 0.3 is 0 Å². The first-order valence-corrected chi connectivity index (χ1v) is 6.80.